The number of carbonyl (C=O) groups excluding carboxylic acids is 1. The van der Waals surface area contributed by atoms with Gasteiger partial charge in [0.2, 0.25) is 0 Å². The maximum absolute atomic E-state index is 13.0. The van der Waals surface area contributed by atoms with Crippen LogP contribution in [0.25, 0.3) is 11.0 Å². The second kappa shape index (κ2) is 7.34. The fourth-order valence-corrected chi connectivity index (χ4v) is 2.61. The highest BCUT2D eigenvalue weighted by atomic mass is 19.4. The van der Waals surface area contributed by atoms with Gasteiger partial charge in [0.05, 0.1) is 14.2 Å². The van der Waals surface area contributed by atoms with Gasteiger partial charge in [-0.1, -0.05) is 0 Å². The number of carbonyl (C=O) groups is 1. The topological polar surface area (TPSA) is 73.3 Å². The van der Waals surface area contributed by atoms with Crippen molar-refractivity contribution in [3.05, 3.63) is 53.2 Å². The van der Waals surface area contributed by atoms with E-state index in [1.165, 1.54) is 32.4 Å². The standard InChI is InChI=1S/C19H16F3N3O3/c1-10-6-15(19(20,21)22)23-17-14(10)4-5-16(24-17)25-18(26)11-7-12(27-2)9-13(8-11)28-3/h4-9H,1-3H3,(H,23,24,25,26). The molecule has 0 saturated carbocycles. The lowest BCUT2D eigenvalue weighted by atomic mass is 10.1. The lowest BCUT2D eigenvalue weighted by Gasteiger charge is -2.11. The van der Waals surface area contributed by atoms with Crippen LogP contribution in [0.1, 0.15) is 21.6 Å². The van der Waals surface area contributed by atoms with E-state index in [1.54, 1.807) is 19.1 Å². The van der Waals surface area contributed by atoms with Crippen LogP contribution in [0.3, 0.4) is 0 Å². The summed E-state index contributed by atoms with van der Waals surface area (Å²) in [6.07, 6.45) is -4.59. The Hall–Kier alpha value is -3.36. The summed E-state index contributed by atoms with van der Waals surface area (Å²) in [5.41, 5.74) is -0.508. The van der Waals surface area contributed by atoms with E-state index in [0.717, 1.165) is 6.07 Å². The normalized spacial score (nSPS) is 11.4. The molecule has 0 aliphatic carbocycles. The molecule has 2 aromatic heterocycles. The van der Waals surface area contributed by atoms with E-state index in [2.05, 4.69) is 15.3 Å². The second-order valence-corrected chi connectivity index (χ2v) is 5.95. The summed E-state index contributed by atoms with van der Waals surface area (Å²) in [7, 11) is 2.90. The van der Waals surface area contributed by atoms with Crippen LogP contribution in [0.5, 0.6) is 11.5 Å². The molecule has 0 fully saturated rings. The Bertz CT molecular complexity index is 1030. The van der Waals surface area contributed by atoms with Crippen molar-refractivity contribution in [1.82, 2.24) is 9.97 Å². The van der Waals surface area contributed by atoms with Crippen LogP contribution in [0.4, 0.5) is 19.0 Å². The van der Waals surface area contributed by atoms with Gasteiger partial charge < -0.3 is 14.8 Å². The number of nitrogens with one attached hydrogen (secondary N) is 1. The Kier molecular flexibility index (Phi) is 5.08. The number of hydrogen-bond donors (Lipinski definition) is 1. The predicted molar refractivity (Wildman–Crippen MR) is 96.8 cm³/mol. The van der Waals surface area contributed by atoms with Crippen LogP contribution in [-0.2, 0) is 6.18 Å². The number of halogens is 3. The molecule has 1 N–H and O–H groups in total. The number of aromatic nitrogens is 2. The summed E-state index contributed by atoms with van der Waals surface area (Å²) in [5, 5.41) is 3.01. The second-order valence-electron chi connectivity index (χ2n) is 5.95. The van der Waals surface area contributed by atoms with Crippen LogP contribution in [0.15, 0.2) is 36.4 Å². The van der Waals surface area contributed by atoms with Crippen molar-refractivity contribution < 1.29 is 27.4 Å². The number of methoxy groups -OCH3 is 2. The molecule has 0 radical (unpaired) electrons. The highest BCUT2D eigenvalue weighted by Crippen LogP contribution is 2.30. The molecule has 1 amide bonds. The number of aryl methyl sites for hydroxylation is 1. The summed E-state index contributed by atoms with van der Waals surface area (Å²) in [6.45, 7) is 1.54. The average Bonchev–Trinajstić information content (AvgIpc) is 2.66. The Balaban J connectivity index is 1.95. The lowest BCUT2D eigenvalue weighted by Crippen LogP contribution is -2.14. The molecule has 0 saturated heterocycles. The molecule has 28 heavy (non-hydrogen) atoms. The van der Waals surface area contributed by atoms with Gasteiger partial charge in [-0.2, -0.15) is 13.2 Å². The first kappa shape index (κ1) is 19.4. The zero-order chi connectivity index (χ0) is 20.5. The van der Waals surface area contributed by atoms with Gasteiger partial charge in [-0.05, 0) is 42.8 Å². The molecule has 0 spiro atoms. The van der Waals surface area contributed by atoms with E-state index in [9.17, 15) is 18.0 Å². The zero-order valence-electron chi connectivity index (χ0n) is 15.2. The van der Waals surface area contributed by atoms with Crippen LogP contribution in [0.2, 0.25) is 0 Å². The number of hydrogen-bond acceptors (Lipinski definition) is 5. The first-order valence-electron chi connectivity index (χ1n) is 8.11. The van der Waals surface area contributed by atoms with Crippen LogP contribution >= 0.6 is 0 Å². The zero-order valence-corrected chi connectivity index (χ0v) is 15.2. The third kappa shape index (κ3) is 3.98. The number of anilines is 1. The number of benzene rings is 1. The monoisotopic (exact) mass is 391 g/mol. The maximum atomic E-state index is 13.0. The van der Waals surface area contributed by atoms with Crippen molar-refractivity contribution >= 4 is 22.8 Å². The summed E-state index contributed by atoms with van der Waals surface area (Å²) < 4.78 is 49.2. The number of amides is 1. The van der Waals surface area contributed by atoms with E-state index < -0.39 is 17.8 Å². The van der Waals surface area contributed by atoms with Crippen molar-refractivity contribution in [2.75, 3.05) is 19.5 Å². The molecular weight excluding hydrogens is 375 g/mol. The Morgan fingerprint density at radius 3 is 2.21 bits per heavy atom. The average molecular weight is 391 g/mol. The third-order valence-corrected chi connectivity index (χ3v) is 4.03. The molecule has 3 rings (SSSR count). The number of alkyl halides is 3. The van der Waals surface area contributed by atoms with Crippen molar-refractivity contribution in [3.63, 3.8) is 0 Å². The minimum atomic E-state index is -4.59. The molecule has 2 heterocycles. The Labute approximate surface area is 158 Å². The third-order valence-electron chi connectivity index (χ3n) is 4.03. The molecule has 0 bridgehead atoms. The van der Waals surface area contributed by atoms with Gasteiger partial charge in [0, 0.05) is 17.0 Å². The summed E-state index contributed by atoms with van der Waals surface area (Å²) in [6, 6.07) is 8.64. The molecule has 3 aromatic rings. The molecule has 0 unspecified atom stereocenters. The van der Waals surface area contributed by atoms with Crippen molar-refractivity contribution in [1.29, 1.82) is 0 Å². The molecular formula is C19H16F3N3O3. The first-order chi connectivity index (χ1) is 13.2. The Morgan fingerprint density at radius 2 is 1.64 bits per heavy atom. The molecule has 146 valence electrons. The highest BCUT2D eigenvalue weighted by molar-refractivity contribution is 6.04. The number of pyridine rings is 2. The molecule has 9 heteroatoms. The SMILES string of the molecule is COc1cc(OC)cc(C(=O)Nc2ccc3c(C)cc(C(F)(F)F)nc3n2)c1. The van der Waals surface area contributed by atoms with E-state index in [1.807, 2.05) is 0 Å². The fraction of sp³-hybridized carbons (Fsp3) is 0.211. The first-order valence-corrected chi connectivity index (χ1v) is 8.11. The molecule has 0 aliphatic rings. The minimum absolute atomic E-state index is 0.0745. The van der Waals surface area contributed by atoms with Crippen molar-refractivity contribution in [2.45, 2.75) is 13.1 Å². The van der Waals surface area contributed by atoms with Crippen molar-refractivity contribution in [2.24, 2.45) is 0 Å². The van der Waals surface area contributed by atoms with Crippen LogP contribution < -0.4 is 14.8 Å². The van der Waals surface area contributed by atoms with E-state index in [-0.39, 0.29) is 17.0 Å². The number of rotatable bonds is 4. The molecule has 0 aliphatic heterocycles. The van der Waals surface area contributed by atoms with Crippen molar-refractivity contribution in [3.8, 4) is 11.5 Å². The molecule has 0 atom stereocenters. The number of fused-ring (bicyclic) bond motifs is 1. The van der Waals surface area contributed by atoms with E-state index in [4.69, 9.17) is 9.47 Å². The van der Waals surface area contributed by atoms with E-state index in [0.29, 0.717) is 22.4 Å². The lowest BCUT2D eigenvalue weighted by molar-refractivity contribution is -0.141. The Morgan fingerprint density at radius 1 is 1.00 bits per heavy atom. The quantitative estimate of drug-likeness (QED) is 0.721. The van der Waals surface area contributed by atoms with Gasteiger partial charge in [-0.15, -0.1) is 0 Å². The smallest absolute Gasteiger partial charge is 0.433 e. The summed E-state index contributed by atoms with van der Waals surface area (Å²) in [4.78, 5) is 20.1. The van der Waals surface area contributed by atoms with Gasteiger partial charge in [0.1, 0.15) is 23.0 Å². The predicted octanol–water partition coefficient (Wildman–Crippen LogP) is 4.23. The molecule has 6 nitrogen and oxygen atoms in total. The van der Waals surface area contributed by atoms with Crippen LogP contribution in [-0.4, -0.2) is 30.1 Å². The van der Waals surface area contributed by atoms with Crippen LogP contribution in [0, 0.1) is 6.92 Å². The maximum Gasteiger partial charge on any atom is 0.433 e. The molecule has 1 aromatic carbocycles. The fourth-order valence-electron chi connectivity index (χ4n) is 2.61. The van der Waals surface area contributed by atoms with Gasteiger partial charge >= 0.3 is 6.18 Å². The van der Waals surface area contributed by atoms with Gasteiger partial charge in [0.25, 0.3) is 5.91 Å². The number of nitrogens with zero attached hydrogens (tertiary/aromatic N) is 2. The highest BCUT2D eigenvalue weighted by Gasteiger charge is 2.33. The largest absolute Gasteiger partial charge is 0.497 e. The summed E-state index contributed by atoms with van der Waals surface area (Å²) >= 11 is 0. The van der Waals surface area contributed by atoms with Gasteiger partial charge in [-0.3, -0.25) is 4.79 Å². The number of ether oxygens (including phenoxy) is 2. The van der Waals surface area contributed by atoms with Gasteiger partial charge in [0.15, 0.2) is 5.65 Å². The van der Waals surface area contributed by atoms with Gasteiger partial charge in [-0.25, -0.2) is 9.97 Å². The minimum Gasteiger partial charge on any atom is -0.497 e. The summed E-state index contributed by atoms with van der Waals surface area (Å²) in [5.74, 6) is 0.393. The van der Waals surface area contributed by atoms with E-state index >= 15 is 0 Å².